The van der Waals surface area contributed by atoms with Gasteiger partial charge in [0.05, 0.1) is 0 Å². The van der Waals surface area contributed by atoms with Crippen molar-refractivity contribution >= 4 is 5.97 Å². The van der Waals surface area contributed by atoms with Crippen molar-refractivity contribution in [2.75, 3.05) is 19.6 Å². The van der Waals surface area contributed by atoms with Crippen LogP contribution in [0.15, 0.2) is 0 Å². The molecule has 0 saturated heterocycles. The van der Waals surface area contributed by atoms with E-state index in [0.29, 0.717) is 6.42 Å². The van der Waals surface area contributed by atoms with Gasteiger partial charge in [0.15, 0.2) is 0 Å². The predicted molar refractivity (Wildman–Crippen MR) is 156 cm³/mol. The van der Waals surface area contributed by atoms with Gasteiger partial charge in [0, 0.05) is 6.42 Å². The molecule has 0 spiro atoms. The van der Waals surface area contributed by atoms with Crippen molar-refractivity contribution in [3.8, 4) is 0 Å². The number of rotatable bonds is 28. The molecule has 4 heteroatoms. The Morgan fingerprint density at radius 3 is 1.17 bits per heavy atom. The summed E-state index contributed by atoms with van der Waals surface area (Å²) in [5.41, 5.74) is 5.45. The average Bonchev–Trinajstić information content (AvgIpc) is 2.85. The molecule has 35 heavy (non-hydrogen) atoms. The average molecular weight is 499 g/mol. The number of hydrogen-bond donors (Lipinski definition) is 3. The number of unbranched alkanes of at least 4 members (excludes halogenated alkanes) is 21. The molecule has 0 unspecified atom stereocenters. The summed E-state index contributed by atoms with van der Waals surface area (Å²) in [5, 5.41) is 11.9. The molecule has 4 nitrogen and oxygen atoms in total. The summed E-state index contributed by atoms with van der Waals surface area (Å²) < 4.78 is 0. The molecule has 0 aliphatic carbocycles. The number of nitrogens with two attached hydrogens (primary N) is 1. The lowest BCUT2D eigenvalue weighted by atomic mass is 10.0. The molecule has 0 radical (unpaired) electrons. The van der Waals surface area contributed by atoms with Gasteiger partial charge < -0.3 is 16.2 Å². The van der Waals surface area contributed by atoms with Gasteiger partial charge in [-0.25, -0.2) is 0 Å². The van der Waals surface area contributed by atoms with Crippen LogP contribution < -0.4 is 11.1 Å². The van der Waals surface area contributed by atoms with Crippen LogP contribution in [-0.2, 0) is 4.79 Å². The van der Waals surface area contributed by atoms with Gasteiger partial charge >= 0.3 is 5.97 Å². The Kier molecular flexibility index (Phi) is 37.1. The van der Waals surface area contributed by atoms with Gasteiger partial charge in [0.2, 0.25) is 0 Å². The lowest BCUT2D eigenvalue weighted by Crippen LogP contribution is -2.19. The third-order valence-electron chi connectivity index (χ3n) is 6.76. The van der Waals surface area contributed by atoms with Crippen LogP contribution in [0, 0.1) is 0 Å². The Balaban J connectivity index is 0. The van der Waals surface area contributed by atoms with Crippen molar-refractivity contribution in [1.82, 2.24) is 5.32 Å². The largest absolute Gasteiger partial charge is 0.481 e. The summed E-state index contributed by atoms with van der Waals surface area (Å²) in [6.45, 7) is 7.60. The molecular formula is C31H66N2O2. The molecule has 0 aliphatic heterocycles. The maximum absolute atomic E-state index is 10.2. The minimum absolute atomic E-state index is 0.343. The molecule has 0 amide bonds. The van der Waals surface area contributed by atoms with Crippen molar-refractivity contribution in [2.24, 2.45) is 5.73 Å². The van der Waals surface area contributed by atoms with Crippen molar-refractivity contribution < 1.29 is 9.90 Å². The lowest BCUT2D eigenvalue weighted by Gasteiger charge is -2.04. The Bertz CT molecular complexity index is 359. The summed E-state index contributed by atoms with van der Waals surface area (Å²) in [6.07, 6.45) is 32.7. The summed E-state index contributed by atoms with van der Waals surface area (Å²) in [5.74, 6) is -0.659. The molecule has 212 valence electrons. The van der Waals surface area contributed by atoms with Crippen LogP contribution in [0.5, 0.6) is 0 Å². The molecule has 0 saturated carbocycles. The number of hydrogen-bond acceptors (Lipinski definition) is 3. The highest BCUT2D eigenvalue weighted by Crippen LogP contribution is 2.13. The van der Waals surface area contributed by atoms with Crippen LogP contribution in [0.1, 0.15) is 174 Å². The fraction of sp³-hybridized carbons (Fsp3) is 0.968. The molecule has 0 rings (SSSR count). The molecule has 0 aromatic heterocycles. The topological polar surface area (TPSA) is 75.3 Å². The third kappa shape index (κ3) is 40.8. The smallest absolute Gasteiger partial charge is 0.303 e. The molecular weight excluding hydrogens is 432 g/mol. The van der Waals surface area contributed by atoms with E-state index in [9.17, 15) is 4.79 Å². The monoisotopic (exact) mass is 499 g/mol. The Morgan fingerprint density at radius 2 is 0.829 bits per heavy atom. The van der Waals surface area contributed by atoms with Crippen molar-refractivity contribution in [3.05, 3.63) is 0 Å². The zero-order valence-electron chi connectivity index (χ0n) is 24.2. The van der Waals surface area contributed by atoms with Gasteiger partial charge in [0.25, 0.3) is 0 Å². The quantitative estimate of drug-likeness (QED) is 0.0939. The van der Waals surface area contributed by atoms with Gasteiger partial charge in [-0.05, 0) is 38.9 Å². The van der Waals surface area contributed by atoms with Gasteiger partial charge in [-0.15, -0.1) is 0 Å². The van der Waals surface area contributed by atoms with Crippen molar-refractivity contribution in [3.63, 3.8) is 0 Å². The first-order chi connectivity index (χ1) is 17.2. The zero-order chi connectivity index (χ0) is 26.1. The normalized spacial score (nSPS) is 10.8. The molecule has 0 aliphatic rings. The predicted octanol–water partition coefficient (Wildman–Crippen LogP) is 9.40. The van der Waals surface area contributed by atoms with E-state index in [1.165, 1.54) is 141 Å². The first-order valence-corrected chi connectivity index (χ1v) is 15.8. The van der Waals surface area contributed by atoms with Crippen LogP contribution >= 0.6 is 0 Å². The molecule has 4 N–H and O–H groups in total. The fourth-order valence-electron chi connectivity index (χ4n) is 4.38. The van der Waals surface area contributed by atoms with Crippen LogP contribution in [0.4, 0.5) is 0 Å². The van der Waals surface area contributed by atoms with E-state index >= 15 is 0 Å². The van der Waals surface area contributed by atoms with Crippen LogP contribution in [-0.4, -0.2) is 30.7 Å². The highest BCUT2D eigenvalue weighted by atomic mass is 16.4. The fourth-order valence-corrected chi connectivity index (χ4v) is 4.38. The highest BCUT2D eigenvalue weighted by molar-refractivity contribution is 5.66. The third-order valence-corrected chi connectivity index (χ3v) is 6.76. The minimum Gasteiger partial charge on any atom is -0.481 e. The zero-order valence-corrected chi connectivity index (χ0v) is 24.2. The van der Waals surface area contributed by atoms with E-state index < -0.39 is 5.97 Å². The molecule has 0 bridgehead atoms. The number of carboxylic acid groups (broad SMARTS) is 1. The van der Waals surface area contributed by atoms with E-state index in [4.69, 9.17) is 10.8 Å². The standard InChI is InChI=1S/C19H42N2.C12H24O2/c1-2-3-4-5-6-7-8-9-10-11-12-13-14-15-18-21-19-16-17-20;1-2-3-4-5-6-7-8-9-10-11-12(13)14/h21H,2-20H2,1H3;2-11H2,1H3,(H,13,14). The Labute approximate surface area is 221 Å². The summed E-state index contributed by atoms with van der Waals surface area (Å²) in [4.78, 5) is 10.2. The van der Waals surface area contributed by atoms with Crippen molar-refractivity contribution in [2.45, 2.75) is 174 Å². The molecule has 0 atom stereocenters. The first-order valence-electron chi connectivity index (χ1n) is 15.8. The minimum atomic E-state index is -0.659. The SMILES string of the molecule is CCCCCCCCCCCC(=O)O.CCCCCCCCCCCCCCCCNCCCN. The van der Waals surface area contributed by atoms with E-state index in [1.54, 1.807) is 0 Å². The van der Waals surface area contributed by atoms with Crippen LogP contribution in [0.25, 0.3) is 0 Å². The van der Waals surface area contributed by atoms with Gasteiger partial charge in [-0.1, -0.05) is 149 Å². The van der Waals surface area contributed by atoms with Crippen LogP contribution in [0.3, 0.4) is 0 Å². The number of aliphatic carboxylic acids is 1. The van der Waals surface area contributed by atoms with E-state index in [0.717, 1.165) is 32.4 Å². The second-order valence-electron chi connectivity index (χ2n) is 10.5. The first kappa shape index (κ1) is 36.5. The van der Waals surface area contributed by atoms with Gasteiger partial charge in [-0.3, -0.25) is 4.79 Å². The lowest BCUT2D eigenvalue weighted by molar-refractivity contribution is -0.137. The van der Waals surface area contributed by atoms with Crippen molar-refractivity contribution in [1.29, 1.82) is 0 Å². The highest BCUT2D eigenvalue weighted by Gasteiger charge is 1.96. The van der Waals surface area contributed by atoms with Crippen LogP contribution in [0.2, 0.25) is 0 Å². The summed E-state index contributed by atoms with van der Waals surface area (Å²) in [7, 11) is 0. The molecule has 0 aromatic rings. The van der Waals surface area contributed by atoms with E-state index in [1.807, 2.05) is 0 Å². The van der Waals surface area contributed by atoms with Gasteiger partial charge in [0.1, 0.15) is 0 Å². The molecule has 0 heterocycles. The number of carbonyl (C=O) groups is 1. The number of carboxylic acids is 1. The molecule has 0 aromatic carbocycles. The van der Waals surface area contributed by atoms with Gasteiger partial charge in [-0.2, -0.15) is 0 Å². The maximum Gasteiger partial charge on any atom is 0.303 e. The Morgan fingerprint density at radius 1 is 0.514 bits per heavy atom. The second-order valence-corrected chi connectivity index (χ2v) is 10.5. The molecule has 0 fully saturated rings. The summed E-state index contributed by atoms with van der Waals surface area (Å²) >= 11 is 0. The Hall–Kier alpha value is -0.610. The maximum atomic E-state index is 10.2. The second kappa shape index (κ2) is 35.6. The number of nitrogens with one attached hydrogen (secondary N) is 1. The van der Waals surface area contributed by atoms with E-state index in [-0.39, 0.29) is 0 Å². The summed E-state index contributed by atoms with van der Waals surface area (Å²) in [6, 6.07) is 0. The van der Waals surface area contributed by atoms with E-state index in [2.05, 4.69) is 19.2 Å².